The smallest absolute Gasteiger partial charge is 0.127 e. The molecule has 0 fully saturated rings. The standard InChI is InChI=1S/C15H20N2S/c1-10-6-11(2)8-12(7-10)17-14(18)9-13(16-17)15(3,4)5/h6-9,16H,1-5H3. The molecule has 0 spiro atoms. The largest absolute Gasteiger partial charge is 0.296 e. The van der Waals surface area contributed by atoms with E-state index in [-0.39, 0.29) is 5.41 Å². The summed E-state index contributed by atoms with van der Waals surface area (Å²) in [4.78, 5) is 0. The SMILES string of the molecule is Cc1cc(C)cc(-n2[nH]c(C(C)(C)C)cc2=S)c1. The summed E-state index contributed by atoms with van der Waals surface area (Å²) in [5.74, 6) is 0. The second kappa shape index (κ2) is 4.39. The van der Waals surface area contributed by atoms with Crippen LogP contribution in [0.1, 0.15) is 37.6 Å². The van der Waals surface area contributed by atoms with Crippen LogP contribution in [0.15, 0.2) is 24.3 Å². The number of H-pyrrole nitrogens is 1. The lowest BCUT2D eigenvalue weighted by molar-refractivity contribution is 0.560. The van der Waals surface area contributed by atoms with E-state index in [9.17, 15) is 0 Å². The number of nitrogens with zero attached hydrogens (tertiary/aromatic N) is 1. The van der Waals surface area contributed by atoms with Gasteiger partial charge in [0.2, 0.25) is 0 Å². The van der Waals surface area contributed by atoms with E-state index in [0.29, 0.717) is 0 Å². The van der Waals surface area contributed by atoms with E-state index >= 15 is 0 Å². The maximum Gasteiger partial charge on any atom is 0.127 e. The minimum Gasteiger partial charge on any atom is -0.296 e. The van der Waals surface area contributed by atoms with Crippen molar-refractivity contribution in [2.24, 2.45) is 0 Å². The molecule has 0 bridgehead atoms. The first kappa shape index (κ1) is 13.1. The van der Waals surface area contributed by atoms with Crippen molar-refractivity contribution in [3.8, 4) is 5.69 Å². The van der Waals surface area contributed by atoms with Gasteiger partial charge in [-0.25, -0.2) is 4.68 Å². The number of nitrogens with one attached hydrogen (secondary N) is 1. The zero-order chi connectivity index (χ0) is 13.5. The predicted molar refractivity (Wildman–Crippen MR) is 79.1 cm³/mol. The number of hydrogen-bond donors (Lipinski definition) is 1. The Morgan fingerprint density at radius 2 is 1.56 bits per heavy atom. The van der Waals surface area contributed by atoms with E-state index in [1.54, 1.807) is 0 Å². The average Bonchev–Trinajstić information content (AvgIpc) is 2.58. The quantitative estimate of drug-likeness (QED) is 0.751. The van der Waals surface area contributed by atoms with Crippen molar-refractivity contribution in [3.63, 3.8) is 0 Å². The summed E-state index contributed by atoms with van der Waals surface area (Å²) >= 11 is 5.44. The van der Waals surface area contributed by atoms with Crippen molar-refractivity contribution in [2.75, 3.05) is 0 Å². The summed E-state index contributed by atoms with van der Waals surface area (Å²) < 4.78 is 2.81. The van der Waals surface area contributed by atoms with Crippen LogP contribution in [0.25, 0.3) is 5.69 Å². The van der Waals surface area contributed by atoms with Crippen molar-refractivity contribution in [3.05, 3.63) is 45.7 Å². The fourth-order valence-electron chi connectivity index (χ4n) is 2.05. The van der Waals surface area contributed by atoms with Crippen molar-refractivity contribution in [1.29, 1.82) is 0 Å². The molecule has 2 rings (SSSR count). The van der Waals surface area contributed by atoms with Gasteiger partial charge in [0.25, 0.3) is 0 Å². The fourth-order valence-corrected chi connectivity index (χ4v) is 2.32. The van der Waals surface area contributed by atoms with Gasteiger partial charge in [-0.05, 0) is 43.2 Å². The molecule has 0 radical (unpaired) electrons. The van der Waals surface area contributed by atoms with Gasteiger partial charge in [0, 0.05) is 11.1 Å². The number of benzene rings is 1. The highest BCUT2D eigenvalue weighted by molar-refractivity contribution is 7.71. The topological polar surface area (TPSA) is 20.7 Å². The van der Waals surface area contributed by atoms with Crippen LogP contribution in [0.2, 0.25) is 0 Å². The van der Waals surface area contributed by atoms with Crippen LogP contribution < -0.4 is 0 Å². The highest BCUT2D eigenvalue weighted by Crippen LogP contribution is 2.22. The maximum atomic E-state index is 5.44. The first-order valence-electron chi connectivity index (χ1n) is 6.18. The molecular weight excluding hydrogens is 240 g/mol. The highest BCUT2D eigenvalue weighted by atomic mass is 32.1. The Balaban J connectivity index is 2.58. The summed E-state index contributed by atoms with van der Waals surface area (Å²) in [7, 11) is 0. The molecule has 3 heteroatoms. The van der Waals surface area contributed by atoms with Crippen LogP contribution in [0.5, 0.6) is 0 Å². The molecular formula is C15H20N2S. The number of aromatic nitrogens is 2. The molecule has 0 aliphatic rings. The Morgan fingerprint density at radius 1 is 1.00 bits per heavy atom. The molecule has 2 nitrogen and oxygen atoms in total. The molecule has 96 valence electrons. The first-order chi connectivity index (χ1) is 8.27. The Kier molecular flexibility index (Phi) is 3.20. The predicted octanol–water partition coefficient (Wildman–Crippen LogP) is 4.45. The molecule has 2 aromatic rings. The highest BCUT2D eigenvalue weighted by Gasteiger charge is 2.16. The number of aromatic amines is 1. The third-order valence-corrected chi connectivity index (χ3v) is 3.29. The fraction of sp³-hybridized carbons (Fsp3) is 0.400. The monoisotopic (exact) mass is 260 g/mol. The Hall–Kier alpha value is -1.35. The van der Waals surface area contributed by atoms with Gasteiger partial charge in [-0.15, -0.1) is 0 Å². The third kappa shape index (κ3) is 2.56. The summed E-state index contributed by atoms with van der Waals surface area (Å²) in [5.41, 5.74) is 4.84. The van der Waals surface area contributed by atoms with E-state index in [0.717, 1.165) is 16.0 Å². The third-order valence-electron chi connectivity index (χ3n) is 2.99. The minimum atomic E-state index is 0.0810. The Bertz CT molecular complexity index is 606. The summed E-state index contributed by atoms with van der Waals surface area (Å²) in [5, 5.41) is 3.40. The van der Waals surface area contributed by atoms with Gasteiger partial charge in [-0.1, -0.05) is 39.1 Å². The molecule has 0 aliphatic carbocycles. The molecule has 1 aromatic heterocycles. The van der Waals surface area contributed by atoms with Crippen LogP contribution in [0.3, 0.4) is 0 Å². The molecule has 0 saturated heterocycles. The van der Waals surface area contributed by atoms with Gasteiger partial charge < -0.3 is 0 Å². The summed E-state index contributed by atoms with van der Waals surface area (Å²) in [6.45, 7) is 10.7. The van der Waals surface area contributed by atoms with Gasteiger partial charge in [0.15, 0.2) is 0 Å². The molecule has 1 heterocycles. The van der Waals surface area contributed by atoms with Gasteiger partial charge in [-0.2, -0.15) is 0 Å². The average molecular weight is 260 g/mol. The Labute approximate surface area is 114 Å². The van der Waals surface area contributed by atoms with Crippen molar-refractivity contribution >= 4 is 12.2 Å². The second-order valence-electron chi connectivity index (χ2n) is 5.94. The van der Waals surface area contributed by atoms with E-state index in [4.69, 9.17) is 12.2 Å². The lowest BCUT2D eigenvalue weighted by Gasteiger charge is -2.16. The van der Waals surface area contributed by atoms with Crippen LogP contribution in [-0.4, -0.2) is 9.78 Å². The lowest BCUT2D eigenvalue weighted by atomic mass is 9.93. The minimum absolute atomic E-state index is 0.0810. The molecule has 1 aromatic carbocycles. The normalized spacial score (nSPS) is 11.8. The molecule has 0 aliphatic heterocycles. The van der Waals surface area contributed by atoms with Crippen molar-refractivity contribution in [1.82, 2.24) is 9.78 Å². The van der Waals surface area contributed by atoms with Gasteiger partial charge in [0.1, 0.15) is 4.64 Å². The Morgan fingerprint density at radius 3 is 2.00 bits per heavy atom. The zero-order valence-electron chi connectivity index (χ0n) is 11.7. The van der Waals surface area contributed by atoms with Crippen LogP contribution in [0, 0.1) is 18.5 Å². The summed E-state index contributed by atoms with van der Waals surface area (Å²) in [6, 6.07) is 8.51. The van der Waals surface area contributed by atoms with Gasteiger partial charge in [-0.3, -0.25) is 5.10 Å². The number of aryl methyl sites for hydroxylation is 2. The van der Waals surface area contributed by atoms with E-state index in [2.05, 4.69) is 57.9 Å². The van der Waals surface area contributed by atoms with Gasteiger partial charge in [0.05, 0.1) is 5.69 Å². The zero-order valence-corrected chi connectivity index (χ0v) is 12.5. The lowest BCUT2D eigenvalue weighted by Crippen LogP contribution is -2.12. The molecule has 0 atom stereocenters. The molecule has 0 amide bonds. The first-order valence-corrected chi connectivity index (χ1v) is 6.59. The van der Waals surface area contributed by atoms with E-state index in [1.165, 1.54) is 11.1 Å². The van der Waals surface area contributed by atoms with Crippen LogP contribution in [-0.2, 0) is 5.41 Å². The molecule has 0 saturated carbocycles. The maximum absolute atomic E-state index is 5.44. The molecule has 1 N–H and O–H groups in total. The number of rotatable bonds is 1. The van der Waals surface area contributed by atoms with Crippen molar-refractivity contribution < 1.29 is 0 Å². The van der Waals surface area contributed by atoms with Gasteiger partial charge >= 0.3 is 0 Å². The van der Waals surface area contributed by atoms with E-state index in [1.807, 2.05) is 10.7 Å². The van der Waals surface area contributed by atoms with Crippen molar-refractivity contribution in [2.45, 2.75) is 40.0 Å². The molecule has 0 unspecified atom stereocenters. The molecule has 18 heavy (non-hydrogen) atoms. The number of hydrogen-bond acceptors (Lipinski definition) is 1. The van der Waals surface area contributed by atoms with Crippen LogP contribution >= 0.6 is 12.2 Å². The summed E-state index contributed by atoms with van der Waals surface area (Å²) in [6.07, 6.45) is 0. The second-order valence-corrected chi connectivity index (χ2v) is 6.36. The van der Waals surface area contributed by atoms with E-state index < -0.39 is 0 Å². The van der Waals surface area contributed by atoms with Crippen LogP contribution in [0.4, 0.5) is 0 Å².